The lowest BCUT2D eigenvalue weighted by Gasteiger charge is -2.23. The minimum Gasteiger partial charge on any atom is -0.550 e. The largest absolute Gasteiger partial charge is 0.550 e. The molecule has 1 saturated heterocycles. The molecule has 63 heavy (non-hydrogen) atoms. The molecule has 3 unspecified atom stereocenters. The average molecular weight is 883 g/mol. The third kappa shape index (κ3) is 33.6. The molecule has 1 fully saturated rings. The molecule has 3 atom stereocenters. The van der Waals surface area contributed by atoms with E-state index in [1.807, 2.05) is 0 Å². The van der Waals surface area contributed by atoms with Gasteiger partial charge in [0.15, 0.2) is 0 Å². The number of nitrogens with zero attached hydrogens (tertiary/aromatic N) is 2. The number of allylic oxidation sites excluding steroid dienone is 4. The number of hydrogen-bond acceptors (Lipinski definition) is 7. The van der Waals surface area contributed by atoms with Gasteiger partial charge in [0.1, 0.15) is 6.04 Å². The standard InChI is InChI=1S/C52H93N5O6/c1-4-6-8-10-12-14-16-18-20-22-24-26-28-30-32-36-48(58)55-44-47(56-49(59)37-33-31-29-27-25-23-21-19-17-15-13-11-9-7-5-2)51(61)54-41-40-53-43-46-35-34-42-57(46)50(60)39-38-45(3)52(62)63/h18-21,43,45-47H,4-17,22-42,44H2,1-3H3,(H,54,61)(H,55,58)(H,56,59)(H,62,63)/p-1/b20-18-,21-19-,53-43?. The number of likely N-dealkylation sites (tertiary alicyclic amines) is 1. The minimum absolute atomic E-state index is 0.0207. The Kier molecular flexibility index (Phi) is 37.6. The Balaban J connectivity index is 2.46. The summed E-state index contributed by atoms with van der Waals surface area (Å²) in [5, 5.41) is 19.7. The van der Waals surface area contributed by atoms with Crippen LogP contribution in [0.2, 0.25) is 0 Å². The molecule has 4 amide bonds. The first-order valence-corrected chi connectivity index (χ1v) is 25.8. The third-order valence-electron chi connectivity index (χ3n) is 12.1. The van der Waals surface area contributed by atoms with Crippen molar-refractivity contribution in [1.82, 2.24) is 20.9 Å². The van der Waals surface area contributed by atoms with E-state index in [-0.39, 0.29) is 55.6 Å². The number of amides is 4. The van der Waals surface area contributed by atoms with Gasteiger partial charge >= 0.3 is 0 Å². The predicted molar refractivity (Wildman–Crippen MR) is 258 cm³/mol. The first-order chi connectivity index (χ1) is 30.7. The van der Waals surface area contributed by atoms with Crippen LogP contribution in [-0.2, 0) is 24.0 Å². The van der Waals surface area contributed by atoms with E-state index < -0.39 is 17.9 Å². The number of aliphatic imine (C=N–C) groups is 1. The van der Waals surface area contributed by atoms with Crippen LogP contribution in [0.25, 0.3) is 0 Å². The molecule has 362 valence electrons. The second-order valence-corrected chi connectivity index (χ2v) is 18.0. The van der Waals surface area contributed by atoms with Gasteiger partial charge in [0.25, 0.3) is 0 Å². The number of rotatable bonds is 42. The van der Waals surface area contributed by atoms with E-state index in [0.717, 1.165) is 83.5 Å². The summed E-state index contributed by atoms with van der Waals surface area (Å²) in [5.41, 5.74) is 0. The van der Waals surface area contributed by atoms with Crippen LogP contribution < -0.4 is 21.1 Å². The van der Waals surface area contributed by atoms with Crippen LogP contribution in [0.4, 0.5) is 0 Å². The second kappa shape index (κ2) is 41.2. The van der Waals surface area contributed by atoms with E-state index >= 15 is 0 Å². The number of carbonyl (C=O) groups is 5. The summed E-state index contributed by atoms with van der Waals surface area (Å²) in [4.78, 5) is 69.1. The van der Waals surface area contributed by atoms with Gasteiger partial charge in [0.2, 0.25) is 23.6 Å². The van der Waals surface area contributed by atoms with Gasteiger partial charge in [-0.3, -0.25) is 24.2 Å². The Labute approximate surface area is 384 Å². The van der Waals surface area contributed by atoms with Crippen LogP contribution in [-0.4, -0.2) is 79.0 Å². The molecule has 11 nitrogen and oxygen atoms in total. The highest BCUT2D eigenvalue weighted by atomic mass is 16.4. The van der Waals surface area contributed by atoms with E-state index in [1.54, 1.807) is 18.0 Å². The van der Waals surface area contributed by atoms with Gasteiger partial charge in [-0.2, -0.15) is 0 Å². The number of nitrogens with one attached hydrogen (secondary N) is 3. The van der Waals surface area contributed by atoms with E-state index in [0.29, 0.717) is 25.9 Å². The van der Waals surface area contributed by atoms with Gasteiger partial charge in [-0.15, -0.1) is 0 Å². The van der Waals surface area contributed by atoms with Crippen molar-refractivity contribution >= 4 is 35.8 Å². The fraction of sp³-hybridized carbons (Fsp3) is 0.808. The van der Waals surface area contributed by atoms with Crippen molar-refractivity contribution in [3.05, 3.63) is 24.3 Å². The molecular formula is C52H92N5O6-. The monoisotopic (exact) mass is 883 g/mol. The van der Waals surface area contributed by atoms with Crippen LogP contribution in [0.1, 0.15) is 226 Å². The Morgan fingerprint density at radius 3 is 1.62 bits per heavy atom. The molecule has 1 heterocycles. The van der Waals surface area contributed by atoms with Crippen molar-refractivity contribution in [2.75, 3.05) is 26.2 Å². The zero-order valence-corrected chi connectivity index (χ0v) is 40.4. The first kappa shape index (κ1) is 57.5. The lowest BCUT2D eigenvalue weighted by Crippen LogP contribution is -2.53. The maximum atomic E-state index is 13.3. The van der Waals surface area contributed by atoms with Crippen molar-refractivity contribution in [2.45, 2.75) is 238 Å². The molecule has 0 aromatic rings. The number of carbonyl (C=O) groups excluding carboxylic acids is 5. The molecule has 11 heteroatoms. The summed E-state index contributed by atoms with van der Waals surface area (Å²) in [7, 11) is 0. The number of carboxylic acid groups (broad SMARTS) is 1. The van der Waals surface area contributed by atoms with Crippen LogP contribution in [0.15, 0.2) is 29.3 Å². The van der Waals surface area contributed by atoms with Gasteiger partial charge in [-0.05, 0) is 89.4 Å². The van der Waals surface area contributed by atoms with Crippen LogP contribution in [0.5, 0.6) is 0 Å². The molecule has 0 aromatic carbocycles. The van der Waals surface area contributed by atoms with E-state index in [9.17, 15) is 29.1 Å². The Bertz CT molecular complexity index is 1290. The maximum absolute atomic E-state index is 13.3. The smallest absolute Gasteiger partial charge is 0.244 e. The Morgan fingerprint density at radius 1 is 0.635 bits per heavy atom. The summed E-state index contributed by atoms with van der Waals surface area (Å²) < 4.78 is 0. The maximum Gasteiger partial charge on any atom is 0.244 e. The Morgan fingerprint density at radius 2 is 1.11 bits per heavy atom. The van der Waals surface area contributed by atoms with Crippen molar-refractivity contribution in [2.24, 2.45) is 10.9 Å². The highest BCUT2D eigenvalue weighted by Crippen LogP contribution is 2.19. The lowest BCUT2D eigenvalue weighted by molar-refractivity contribution is -0.311. The fourth-order valence-electron chi connectivity index (χ4n) is 7.91. The molecule has 1 aliphatic heterocycles. The highest BCUT2D eigenvalue weighted by Gasteiger charge is 2.27. The third-order valence-corrected chi connectivity index (χ3v) is 12.1. The zero-order chi connectivity index (χ0) is 46.0. The van der Waals surface area contributed by atoms with Crippen LogP contribution in [0, 0.1) is 5.92 Å². The van der Waals surface area contributed by atoms with Crippen molar-refractivity contribution in [3.8, 4) is 0 Å². The first-order valence-electron chi connectivity index (χ1n) is 25.8. The summed E-state index contributed by atoms with van der Waals surface area (Å²) >= 11 is 0. The minimum atomic E-state index is -1.15. The molecule has 1 rings (SSSR count). The molecule has 3 N–H and O–H groups in total. The molecule has 1 aliphatic rings. The highest BCUT2D eigenvalue weighted by molar-refractivity contribution is 5.88. The number of carboxylic acids is 1. The van der Waals surface area contributed by atoms with Crippen molar-refractivity contribution in [3.63, 3.8) is 0 Å². The lowest BCUT2D eigenvalue weighted by atomic mass is 10.1. The molecule has 0 spiro atoms. The Hall–Kier alpha value is -3.50. The quantitative estimate of drug-likeness (QED) is 0.0314. The fourth-order valence-corrected chi connectivity index (χ4v) is 7.91. The van der Waals surface area contributed by atoms with Gasteiger partial charge in [0.05, 0.1) is 12.6 Å². The summed E-state index contributed by atoms with van der Waals surface area (Å²) in [5.74, 6) is -2.61. The average Bonchev–Trinajstić information content (AvgIpc) is 3.75. The van der Waals surface area contributed by atoms with Gasteiger partial charge in [0, 0.05) is 51.1 Å². The van der Waals surface area contributed by atoms with E-state index in [4.69, 9.17) is 0 Å². The summed E-state index contributed by atoms with van der Waals surface area (Å²) in [6.45, 7) is 7.21. The zero-order valence-electron chi connectivity index (χ0n) is 40.4. The molecule has 0 saturated carbocycles. The van der Waals surface area contributed by atoms with Gasteiger partial charge in [-0.1, -0.05) is 148 Å². The normalized spacial score (nSPS) is 15.1. The van der Waals surface area contributed by atoms with Crippen LogP contribution in [0.3, 0.4) is 0 Å². The topological polar surface area (TPSA) is 160 Å². The summed E-state index contributed by atoms with van der Waals surface area (Å²) in [6, 6.07) is -1.05. The van der Waals surface area contributed by atoms with E-state index in [2.05, 4.69) is 59.1 Å². The number of aliphatic carboxylic acids is 1. The molecule has 0 radical (unpaired) electrons. The number of unbranched alkanes of at least 4 members (excludes halogenated alkanes) is 22. The van der Waals surface area contributed by atoms with Crippen molar-refractivity contribution < 1.29 is 29.1 Å². The second-order valence-electron chi connectivity index (χ2n) is 18.0. The summed E-state index contributed by atoms with van der Waals surface area (Å²) in [6.07, 6.45) is 44.6. The SMILES string of the molecule is CCCCCCCC/C=C\CCCCCCCC(=O)NCC(NC(=O)CCCCCCC/C=C\CCCCCCCC)C(=O)NCCN=CC1CCCN1C(=O)CCC(C)C(=O)[O-]. The van der Waals surface area contributed by atoms with Crippen molar-refractivity contribution in [1.29, 1.82) is 0 Å². The molecule has 0 bridgehead atoms. The predicted octanol–water partition coefficient (Wildman–Crippen LogP) is 10.0. The molecular weight excluding hydrogens is 791 g/mol. The molecule has 0 aromatic heterocycles. The van der Waals surface area contributed by atoms with Crippen LogP contribution >= 0.6 is 0 Å². The van der Waals surface area contributed by atoms with Gasteiger partial charge in [-0.25, -0.2) is 0 Å². The number of hydrogen-bond donors (Lipinski definition) is 3. The van der Waals surface area contributed by atoms with Gasteiger partial charge < -0.3 is 30.8 Å². The molecule has 0 aliphatic carbocycles. The van der Waals surface area contributed by atoms with E-state index in [1.165, 1.54) is 96.3 Å².